The molecular formula is C47H79N7O4. The van der Waals surface area contributed by atoms with Crippen molar-refractivity contribution in [2.24, 2.45) is 29.1 Å². The molecule has 0 radical (unpaired) electrons. The van der Waals surface area contributed by atoms with Crippen LogP contribution in [0.15, 0.2) is 18.2 Å². The molecule has 8 fully saturated rings. The van der Waals surface area contributed by atoms with Crippen molar-refractivity contribution >= 4 is 0 Å². The lowest BCUT2D eigenvalue weighted by atomic mass is 9.58. The standard InChI is InChI=1S/C47H79N7O4/c1-9-29(2)54-28-49-44(48-26-31-12-14-35(55-7)25-40(31)56-8)36-17-20-53(45(36)54)39-23-32(42-43(39)58-46(3,4)57-42)27-52(6)34-21-30(22-34)11-16-41-50-37-15-13-33(24-38(37)51-41)47(5)18-10-19-47/h12,14,25,29-30,32-34,36-39,41-45,48-51H,9-11,13,15-24,26-28H2,1-8H3/t29?,30?,32-,33?,34?,36?,37?,38?,39-,41?,42-,43+,44?,45?/m1/s1. The average Bonchev–Trinajstić information content (AvgIpc) is 3.96. The zero-order chi connectivity index (χ0) is 40.3. The van der Waals surface area contributed by atoms with Crippen molar-refractivity contribution in [1.82, 2.24) is 36.0 Å². The topological polar surface area (TPSA) is 94.8 Å². The molecule has 4 aliphatic carbocycles. The van der Waals surface area contributed by atoms with Crippen molar-refractivity contribution in [2.75, 3.05) is 41.0 Å². The summed E-state index contributed by atoms with van der Waals surface area (Å²) >= 11 is 0. The lowest BCUT2D eigenvalue weighted by molar-refractivity contribution is -0.168. The predicted molar refractivity (Wildman–Crippen MR) is 229 cm³/mol. The number of nitrogens with zero attached hydrogens (tertiary/aromatic N) is 3. The van der Waals surface area contributed by atoms with E-state index in [1.54, 1.807) is 14.2 Å². The molecule has 0 amide bonds. The van der Waals surface area contributed by atoms with E-state index in [1.165, 1.54) is 64.2 Å². The number of benzene rings is 1. The highest BCUT2D eigenvalue weighted by molar-refractivity contribution is 5.40. The first kappa shape index (κ1) is 41.8. The highest BCUT2D eigenvalue weighted by Crippen LogP contribution is 2.52. The van der Waals surface area contributed by atoms with Crippen LogP contribution in [0.1, 0.15) is 124 Å². The van der Waals surface area contributed by atoms with Gasteiger partial charge in [0.1, 0.15) is 17.6 Å². The van der Waals surface area contributed by atoms with Crippen LogP contribution in [0.3, 0.4) is 0 Å². The third-order valence-electron chi connectivity index (χ3n) is 17.2. The van der Waals surface area contributed by atoms with Gasteiger partial charge in [-0.2, -0.15) is 0 Å². The zero-order valence-corrected chi connectivity index (χ0v) is 37.3. The van der Waals surface area contributed by atoms with Crippen LogP contribution in [0, 0.1) is 29.1 Å². The minimum Gasteiger partial charge on any atom is -0.497 e. The van der Waals surface area contributed by atoms with Gasteiger partial charge in [0.05, 0.1) is 45.5 Å². The lowest BCUT2D eigenvalue weighted by Crippen LogP contribution is -2.67. The molecule has 12 atom stereocenters. The molecule has 326 valence electrons. The third kappa shape index (κ3) is 8.12. The van der Waals surface area contributed by atoms with Gasteiger partial charge < -0.3 is 23.8 Å². The Morgan fingerprint density at radius 1 is 0.966 bits per heavy atom. The summed E-state index contributed by atoms with van der Waals surface area (Å²) in [6, 6.07) is 9.05. The maximum atomic E-state index is 6.88. The van der Waals surface area contributed by atoms with Gasteiger partial charge in [0.2, 0.25) is 0 Å². The van der Waals surface area contributed by atoms with E-state index in [4.69, 9.17) is 18.9 Å². The second-order valence-electron chi connectivity index (χ2n) is 21.0. The number of likely N-dealkylation sites (tertiary alicyclic amines) is 1. The normalized spacial score (nSPS) is 41.1. The SMILES string of the molecule is CCC(C)N1CNC(NCc2ccc(OC)cc2OC)C2CCN([C@@H]3C[C@H](CN(C)C4CC(CCC5NC6CCC(C7(C)CCC7)CC6N5)C4)[C@H]4OC(C)(C)O[C@H]43)C21. The summed E-state index contributed by atoms with van der Waals surface area (Å²) in [6.07, 6.45) is 18.6. The molecular weight excluding hydrogens is 727 g/mol. The van der Waals surface area contributed by atoms with Crippen LogP contribution in [-0.4, -0.2) is 122 Å². The van der Waals surface area contributed by atoms with E-state index in [-0.39, 0.29) is 18.4 Å². The van der Waals surface area contributed by atoms with Crippen LogP contribution >= 0.6 is 0 Å². The molecule has 0 bridgehead atoms. The minimum atomic E-state index is -0.548. The quantitative estimate of drug-likeness (QED) is 0.167. The number of hydrogen-bond acceptors (Lipinski definition) is 11. The monoisotopic (exact) mass is 806 g/mol. The first-order valence-electron chi connectivity index (χ1n) is 23.7. The summed E-state index contributed by atoms with van der Waals surface area (Å²) in [5.74, 6) is 3.85. The Morgan fingerprint density at radius 2 is 1.76 bits per heavy atom. The van der Waals surface area contributed by atoms with Crippen LogP contribution in [-0.2, 0) is 16.0 Å². The van der Waals surface area contributed by atoms with E-state index < -0.39 is 5.79 Å². The zero-order valence-electron chi connectivity index (χ0n) is 37.3. The Labute approximate surface area is 350 Å². The second kappa shape index (κ2) is 17.0. The van der Waals surface area contributed by atoms with Gasteiger partial charge in [0.15, 0.2) is 5.79 Å². The number of methoxy groups -OCH3 is 2. The Bertz CT molecular complexity index is 1550. The van der Waals surface area contributed by atoms with Gasteiger partial charge in [-0.3, -0.25) is 31.1 Å². The van der Waals surface area contributed by atoms with Gasteiger partial charge in [0, 0.05) is 73.3 Å². The number of ether oxygens (including phenoxy) is 4. The molecule has 11 nitrogen and oxygen atoms in total. The number of fused-ring (bicyclic) bond motifs is 3. The van der Waals surface area contributed by atoms with Gasteiger partial charge in [-0.25, -0.2) is 0 Å². The van der Waals surface area contributed by atoms with E-state index in [9.17, 15) is 0 Å². The van der Waals surface area contributed by atoms with Crippen molar-refractivity contribution in [2.45, 2.75) is 191 Å². The molecule has 58 heavy (non-hydrogen) atoms. The fourth-order valence-electron chi connectivity index (χ4n) is 13.3. The van der Waals surface area contributed by atoms with Gasteiger partial charge in [-0.15, -0.1) is 0 Å². The number of hydrogen-bond donors (Lipinski definition) is 4. The number of nitrogens with one attached hydrogen (secondary N) is 4. The molecule has 4 aliphatic heterocycles. The molecule has 4 N–H and O–H groups in total. The van der Waals surface area contributed by atoms with Crippen LogP contribution in [0.5, 0.6) is 11.5 Å². The smallest absolute Gasteiger partial charge is 0.163 e. The van der Waals surface area contributed by atoms with E-state index in [2.05, 4.69) is 83.7 Å². The van der Waals surface area contributed by atoms with Gasteiger partial charge in [0.25, 0.3) is 0 Å². The summed E-state index contributed by atoms with van der Waals surface area (Å²) in [7, 11) is 5.84. The second-order valence-corrected chi connectivity index (χ2v) is 21.0. The Kier molecular flexibility index (Phi) is 12.2. The molecule has 4 saturated heterocycles. The molecule has 8 aliphatic rings. The molecule has 9 rings (SSSR count). The Morgan fingerprint density at radius 3 is 2.50 bits per heavy atom. The van der Waals surface area contributed by atoms with Gasteiger partial charge >= 0.3 is 0 Å². The minimum absolute atomic E-state index is 0.104. The molecule has 11 heteroatoms. The Balaban J connectivity index is 0.799. The summed E-state index contributed by atoms with van der Waals surface area (Å²) < 4.78 is 24.9. The molecule has 1 aromatic rings. The fourth-order valence-corrected chi connectivity index (χ4v) is 13.3. The van der Waals surface area contributed by atoms with Crippen molar-refractivity contribution in [3.8, 4) is 11.5 Å². The number of rotatable bonds is 15. The van der Waals surface area contributed by atoms with Crippen LogP contribution < -0.4 is 30.7 Å². The average molecular weight is 806 g/mol. The van der Waals surface area contributed by atoms with E-state index in [1.807, 2.05) is 12.1 Å². The first-order chi connectivity index (χ1) is 28.0. The highest BCUT2D eigenvalue weighted by Gasteiger charge is 2.59. The highest BCUT2D eigenvalue weighted by atomic mass is 16.8. The van der Waals surface area contributed by atoms with Crippen molar-refractivity contribution in [1.29, 1.82) is 0 Å². The largest absolute Gasteiger partial charge is 0.497 e. The third-order valence-corrected chi connectivity index (χ3v) is 17.2. The molecule has 4 heterocycles. The van der Waals surface area contributed by atoms with Crippen molar-refractivity contribution in [3.63, 3.8) is 0 Å². The fraction of sp³-hybridized carbons (Fsp3) is 0.872. The molecule has 8 unspecified atom stereocenters. The molecule has 0 spiro atoms. The molecule has 1 aromatic carbocycles. The molecule has 4 saturated carbocycles. The van der Waals surface area contributed by atoms with E-state index in [0.29, 0.717) is 59.8 Å². The summed E-state index contributed by atoms with van der Waals surface area (Å²) in [5.41, 5.74) is 1.79. The Hall–Kier alpha value is -1.54. The summed E-state index contributed by atoms with van der Waals surface area (Å²) in [4.78, 5) is 8.30. The van der Waals surface area contributed by atoms with E-state index >= 15 is 0 Å². The van der Waals surface area contributed by atoms with Crippen molar-refractivity contribution in [3.05, 3.63) is 23.8 Å². The maximum Gasteiger partial charge on any atom is 0.163 e. The predicted octanol–water partition coefficient (Wildman–Crippen LogP) is 6.07. The van der Waals surface area contributed by atoms with Crippen LogP contribution in [0.4, 0.5) is 0 Å². The summed E-state index contributed by atoms with van der Waals surface area (Å²) in [5, 5.41) is 15.9. The van der Waals surface area contributed by atoms with E-state index in [0.717, 1.165) is 74.5 Å². The van der Waals surface area contributed by atoms with Crippen molar-refractivity contribution < 1.29 is 18.9 Å². The lowest BCUT2D eigenvalue weighted by Gasteiger charge is -2.50. The van der Waals surface area contributed by atoms with Crippen LogP contribution in [0.25, 0.3) is 0 Å². The first-order valence-corrected chi connectivity index (χ1v) is 23.7. The van der Waals surface area contributed by atoms with Gasteiger partial charge in [-0.1, -0.05) is 26.3 Å². The molecule has 0 aromatic heterocycles. The van der Waals surface area contributed by atoms with Crippen LogP contribution in [0.2, 0.25) is 0 Å². The van der Waals surface area contributed by atoms with Gasteiger partial charge in [-0.05, 0) is 128 Å². The maximum absolute atomic E-state index is 6.88. The summed E-state index contributed by atoms with van der Waals surface area (Å²) in [6.45, 7) is 15.4.